The molecule has 308 valence electrons. The molecule has 13 rings (SSSR count). The molecule has 10 aromatic carbocycles. The summed E-state index contributed by atoms with van der Waals surface area (Å²) in [4.78, 5) is 15.5. The summed E-state index contributed by atoms with van der Waals surface area (Å²) >= 11 is 0. The third-order valence-corrected chi connectivity index (χ3v) is 12.7. The van der Waals surface area contributed by atoms with Crippen molar-refractivity contribution >= 4 is 54.6 Å². The van der Waals surface area contributed by atoms with Gasteiger partial charge in [-0.2, -0.15) is 0 Å². The third-order valence-electron chi connectivity index (χ3n) is 12.7. The number of benzene rings is 10. The van der Waals surface area contributed by atoms with Gasteiger partial charge in [-0.3, -0.25) is 0 Å². The standard InChI is InChI=1S/C61H37N3O2/c1-3-11-38(12-4-1)44-27-23-40-24-28-45(35-49(40)34-44)43-15-9-16-47(33-43)60-62-59(42-25-21-39(22-26-42)46-30-32-55-53(36-46)51-17-7-8-19-54(51)65-55)63-61(64-60)48-29-31-52-57(37-48)66-56-20-10-18-50(58(52)56)41-13-5-2-6-14-41/h1-37H. The van der Waals surface area contributed by atoms with Crippen molar-refractivity contribution in [2.75, 3.05) is 0 Å². The van der Waals surface area contributed by atoms with Gasteiger partial charge < -0.3 is 8.83 Å². The highest BCUT2D eigenvalue weighted by atomic mass is 16.3. The molecule has 0 saturated heterocycles. The molecule has 0 aliphatic heterocycles. The molecule has 0 atom stereocenters. The highest BCUT2D eigenvalue weighted by Crippen LogP contribution is 2.39. The summed E-state index contributed by atoms with van der Waals surface area (Å²) in [6, 6.07) is 78.3. The van der Waals surface area contributed by atoms with E-state index in [1.807, 2.05) is 30.3 Å². The summed E-state index contributed by atoms with van der Waals surface area (Å²) in [5, 5.41) is 6.71. The van der Waals surface area contributed by atoms with Crippen LogP contribution in [0.2, 0.25) is 0 Å². The first kappa shape index (κ1) is 37.6. The van der Waals surface area contributed by atoms with E-state index in [2.05, 4.69) is 194 Å². The first-order valence-corrected chi connectivity index (χ1v) is 22.1. The summed E-state index contributed by atoms with van der Waals surface area (Å²) in [5.74, 6) is 1.73. The molecule has 13 aromatic rings. The van der Waals surface area contributed by atoms with Crippen LogP contribution in [-0.4, -0.2) is 15.0 Å². The zero-order chi connectivity index (χ0) is 43.6. The fourth-order valence-electron chi connectivity index (χ4n) is 9.38. The molecular weight excluding hydrogens is 807 g/mol. The zero-order valence-corrected chi connectivity index (χ0v) is 35.5. The van der Waals surface area contributed by atoms with Gasteiger partial charge in [-0.15, -0.1) is 0 Å². The van der Waals surface area contributed by atoms with Crippen LogP contribution in [0.5, 0.6) is 0 Å². The second kappa shape index (κ2) is 15.4. The molecule has 3 aromatic heterocycles. The highest BCUT2D eigenvalue weighted by molar-refractivity contribution is 6.13. The van der Waals surface area contributed by atoms with E-state index in [0.29, 0.717) is 17.5 Å². The highest BCUT2D eigenvalue weighted by Gasteiger charge is 2.18. The number of fused-ring (bicyclic) bond motifs is 7. The molecule has 0 aliphatic carbocycles. The summed E-state index contributed by atoms with van der Waals surface area (Å²) < 4.78 is 12.7. The number of furan rings is 2. The van der Waals surface area contributed by atoms with Crippen LogP contribution in [0.1, 0.15) is 0 Å². The van der Waals surface area contributed by atoms with Gasteiger partial charge in [0.1, 0.15) is 22.3 Å². The maximum atomic E-state index is 6.56. The van der Waals surface area contributed by atoms with Crippen molar-refractivity contribution in [2.24, 2.45) is 0 Å². The van der Waals surface area contributed by atoms with Gasteiger partial charge in [0.05, 0.1) is 0 Å². The lowest BCUT2D eigenvalue weighted by Gasteiger charge is -2.11. The van der Waals surface area contributed by atoms with Crippen molar-refractivity contribution in [3.05, 3.63) is 224 Å². The van der Waals surface area contributed by atoms with Crippen molar-refractivity contribution in [2.45, 2.75) is 0 Å². The van der Waals surface area contributed by atoms with E-state index >= 15 is 0 Å². The Morgan fingerprint density at radius 1 is 0.242 bits per heavy atom. The normalized spacial score (nSPS) is 11.6. The van der Waals surface area contributed by atoms with Crippen LogP contribution in [0.4, 0.5) is 0 Å². The predicted octanol–water partition coefficient (Wildman–Crippen LogP) is 16.5. The van der Waals surface area contributed by atoms with Gasteiger partial charge in [0.25, 0.3) is 0 Å². The molecule has 5 nitrogen and oxygen atoms in total. The van der Waals surface area contributed by atoms with Gasteiger partial charge in [-0.25, -0.2) is 15.0 Å². The number of para-hydroxylation sites is 1. The van der Waals surface area contributed by atoms with Gasteiger partial charge in [0, 0.05) is 38.2 Å². The van der Waals surface area contributed by atoms with Gasteiger partial charge in [0.2, 0.25) is 0 Å². The van der Waals surface area contributed by atoms with E-state index in [-0.39, 0.29) is 0 Å². The minimum absolute atomic E-state index is 0.562. The summed E-state index contributed by atoms with van der Waals surface area (Å²) in [6.45, 7) is 0. The zero-order valence-electron chi connectivity index (χ0n) is 35.5. The Morgan fingerprint density at radius 2 is 0.742 bits per heavy atom. The van der Waals surface area contributed by atoms with Gasteiger partial charge >= 0.3 is 0 Å². The SMILES string of the molecule is c1ccc(-c2ccc3ccc(-c4cccc(-c5nc(-c6ccc(-c7ccc8oc9ccccc9c8c7)cc6)nc(-c6ccc7c(c6)oc6cccc(-c8ccccc8)c67)n5)c4)cc3c2)cc1. The van der Waals surface area contributed by atoms with E-state index in [0.717, 1.165) is 93.9 Å². The Hall–Kier alpha value is -8.93. The smallest absolute Gasteiger partial charge is 0.164 e. The molecule has 0 radical (unpaired) electrons. The lowest BCUT2D eigenvalue weighted by Crippen LogP contribution is -2.00. The molecule has 0 unspecified atom stereocenters. The van der Waals surface area contributed by atoms with Crippen LogP contribution in [-0.2, 0) is 0 Å². The first-order valence-electron chi connectivity index (χ1n) is 22.1. The third kappa shape index (κ3) is 6.61. The Morgan fingerprint density at radius 3 is 1.53 bits per heavy atom. The number of rotatable bonds is 7. The fraction of sp³-hybridized carbons (Fsp3) is 0. The van der Waals surface area contributed by atoms with Crippen LogP contribution in [0.3, 0.4) is 0 Å². The molecule has 0 amide bonds. The molecule has 66 heavy (non-hydrogen) atoms. The maximum absolute atomic E-state index is 6.56. The minimum atomic E-state index is 0.562. The number of hydrogen-bond donors (Lipinski definition) is 0. The molecule has 0 fully saturated rings. The molecule has 0 spiro atoms. The van der Waals surface area contributed by atoms with Crippen LogP contribution in [0.15, 0.2) is 233 Å². The molecule has 0 N–H and O–H groups in total. The second-order valence-electron chi connectivity index (χ2n) is 16.8. The Kier molecular flexibility index (Phi) is 8.78. The first-order chi connectivity index (χ1) is 32.6. The monoisotopic (exact) mass is 843 g/mol. The van der Waals surface area contributed by atoms with E-state index < -0.39 is 0 Å². The molecule has 3 heterocycles. The van der Waals surface area contributed by atoms with Crippen LogP contribution in [0, 0.1) is 0 Å². The van der Waals surface area contributed by atoms with Crippen molar-refractivity contribution in [3.63, 3.8) is 0 Å². The molecule has 0 saturated carbocycles. The summed E-state index contributed by atoms with van der Waals surface area (Å²) in [7, 11) is 0. The van der Waals surface area contributed by atoms with E-state index in [1.54, 1.807) is 0 Å². The van der Waals surface area contributed by atoms with Crippen LogP contribution < -0.4 is 0 Å². The van der Waals surface area contributed by atoms with Crippen molar-refractivity contribution in [3.8, 4) is 78.7 Å². The minimum Gasteiger partial charge on any atom is -0.456 e. The molecule has 0 aliphatic rings. The molecular formula is C61H37N3O2. The Bertz CT molecular complexity index is 3980. The Balaban J connectivity index is 0.918. The molecule has 0 bridgehead atoms. The number of hydrogen-bond acceptors (Lipinski definition) is 5. The van der Waals surface area contributed by atoms with E-state index in [1.165, 1.54) is 21.9 Å². The van der Waals surface area contributed by atoms with Gasteiger partial charge in [0.15, 0.2) is 17.5 Å². The summed E-state index contributed by atoms with van der Waals surface area (Å²) in [6.07, 6.45) is 0. The number of aromatic nitrogens is 3. The largest absolute Gasteiger partial charge is 0.456 e. The number of nitrogens with zero attached hydrogens (tertiary/aromatic N) is 3. The van der Waals surface area contributed by atoms with Crippen molar-refractivity contribution < 1.29 is 8.83 Å². The average Bonchev–Trinajstić information content (AvgIpc) is 3.97. The lowest BCUT2D eigenvalue weighted by molar-refractivity contribution is 0.668. The van der Waals surface area contributed by atoms with Gasteiger partial charge in [-0.05, 0) is 110 Å². The quantitative estimate of drug-likeness (QED) is 0.160. The topological polar surface area (TPSA) is 65.0 Å². The van der Waals surface area contributed by atoms with Crippen LogP contribution >= 0.6 is 0 Å². The lowest BCUT2D eigenvalue weighted by atomic mass is 9.97. The van der Waals surface area contributed by atoms with E-state index in [4.69, 9.17) is 23.8 Å². The van der Waals surface area contributed by atoms with Crippen molar-refractivity contribution in [1.29, 1.82) is 0 Å². The second-order valence-corrected chi connectivity index (χ2v) is 16.8. The van der Waals surface area contributed by atoms with E-state index in [9.17, 15) is 0 Å². The average molecular weight is 844 g/mol. The summed E-state index contributed by atoms with van der Waals surface area (Å²) in [5.41, 5.74) is 15.0. The molecule has 5 heteroatoms. The van der Waals surface area contributed by atoms with Crippen LogP contribution in [0.25, 0.3) is 133 Å². The van der Waals surface area contributed by atoms with Gasteiger partial charge in [-0.1, -0.05) is 170 Å². The Labute approximate surface area is 379 Å². The maximum Gasteiger partial charge on any atom is 0.164 e. The fourth-order valence-corrected chi connectivity index (χ4v) is 9.38. The van der Waals surface area contributed by atoms with Crippen molar-refractivity contribution in [1.82, 2.24) is 15.0 Å². The predicted molar refractivity (Wildman–Crippen MR) is 270 cm³/mol.